The minimum Gasteiger partial charge on any atom is -0.467 e. The van der Waals surface area contributed by atoms with Gasteiger partial charge in [-0.3, -0.25) is 4.79 Å². The molecule has 0 bridgehead atoms. The fourth-order valence-corrected chi connectivity index (χ4v) is 2.31. The second kappa shape index (κ2) is 8.51. The van der Waals surface area contributed by atoms with Gasteiger partial charge >= 0.3 is 5.97 Å². The van der Waals surface area contributed by atoms with Crippen LogP contribution in [0, 0.1) is 5.92 Å². The van der Waals surface area contributed by atoms with Gasteiger partial charge in [-0.25, -0.2) is 9.78 Å². The molecular weight excluding hydrogens is 290 g/mol. The van der Waals surface area contributed by atoms with Gasteiger partial charge in [0.2, 0.25) is 5.91 Å². The van der Waals surface area contributed by atoms with Crippen molar-refractivity contribution in [2.45, 2.75) is 31.2 Å². The fourth-order valence-electron chi connectivity index (χ4n) is 1.64. The fraction of sp³-hybridized carbons (Fsp3) is 0.500. The first-order valence-electron chi connectivity index (χ1n) is 6.69. The van der Waals surface area contributed by atoms with Crippen molar-refractivity contribution in [1.82, 2.24) is 10.3 Å². The molecule has 0 aliphatic heterocycles. The van der Waals surface area contributed by atoms with Gasteiger partial charge in [-0.05, 0) is 18.1 Å². The Hall–Kier alpha value is -1.76. The number of carbonyl (C=O) groups is 2. The van der Waals surface area contributed by atoms with Crippen LogP contribution in [0.15, 0.2) is 23.2 Å². The molecule has 0 fully saturated rings. The lowest BCUT2D eigenvalue weighted by Gasteiger charge is -2.21. The lowest BCUT2D eigenvalue weighted by molar-refractivity contribution is -0.146. The maximum atomic E-state index is 11.9. The van der Waals surface area contributed by atoms with Gasteiger partial charge in [-0.15, -0.1) is 11.8 Å². The number of methoxy groups -OCH3 is 1. The molecule has 6 nitrogen and oxygen atoms in total. The number of anilines is 1. The first-order valence-corrected chi connectivity index (χ1v) is 7.68. The first-order chi connectivity index (χ1) is 9.97. The minimum absolute atomic E-state index is 0.0181. The second-order valence-electron chi connectivity index (χ2n) is 4.66. The van der Waals surface area contributed by atoms with Crippen LogP contribution >= 0.6 is 11.8 Å². The van der Waals surface area contributed by atoms with Crippen molar-refractivity contribution in [2.75, 3.05) is 18.6 Å². The van der Waals surface area contributed by atoms with E-state index in [1.54, 1.807) is 18.3 Å². The molecule has 7 heteroatoms. The summed E-state index contributed by atoms with van der Waals surface area (Å²) in [5, 5.41) is 2.72. The zero-order valence-electron chi connectivity index (χ0n) is 12.5. The van der Waals surface area contributed by atoms with Crippen LogP contribution in [0.5, 0.6) is 0 Å². The minimum atomic E-state index is -0.613. The zero-order valence-corrected chi connectivity index (χ0v) is 13.3. The van der Waals surface area contributed by atoms with E-state index in [1.165, 1.54) is 18.9 Å². The Morgan fingerprint density at radius 2 is 2.19 bits per heavy atom. The Morgan fingerprint density at radius 1 is 1.48 bits per heavy atom. The van der Waals surface area contributed by atoms with Crippen molar-refractivity contribution in [3.8, 4) is 0 Å². The number of esters is 1. The Labute approximate surface area is 128 Å². The van der Waals surface area contributed by atoms with Crippen molar-refractivity contribution in [3.63, 3.8) is 0 Å². The summed E-state index contributed by atoms with van der Waals surface area (Å²) in [7, 11) is 1.32. The quantitative estimate of drug-likeness (QED) is 0.585. The summed E-state index contributed by atoms with van der Waals surface area (Å²) in [5.41, 5.74) is 5.49. The van der Waals surface area contributed by atoms with Crippen LogP contribution in [0.1, 0.15) is 20.3 Å². The molecule has 0 aromatic carbocycles. The van der Waals surface area contributed by atoms with Gasteiger partial charge in [0.15, 0.2) is 0 Å². The van der Waals surface area contributed by atoms with Gasteiger partial charge in [0.25, 0.3) is 0 Å². The summed E-state index contributed by atoms with van der Waals surface area (Å²) in [4.78, 5) is 28.4. The molecule has 0 saturated carbocycles. The number of nitrogen functional groups attached to an aromatic ring is 1. The topological polar surface area (TPSA) is 94.3 Å². The molecule has 0 aliphatic rings. The average molecular weight is 311 g/mol. The number of pyridine rings is 1. The zero-order chi connectivity index (χ0) is 15.8. The summed E-state index contributed by atoms with van der Waals surface area (Å²) in [5.74, 6) is 0.0236. The maximum Gasteiger partial charge on any atom is 0.328 e. The number of nitrogens with zero attached hydrogens (tertiary/aromatic N) is 1. The van der Waals surface area contributed by atoms with Crippen LogP contribution in [0.25, 0.3) is 0 Å². The highest BCUT2D eigenvalue weighted by atomic mass is 32.2. The van der Waals surface area contributed by atoms with E-state index in [9.17, 15) is 9.59 Å². The highest BCUT2D eigenvalue weighted by Gasteiger charge is 2.26. The number of thioether (sulfide) groups is 1. The van der Waals surface area contributed by atoms with Crippen LogP contribution in [0.2, 0.25) is 0 Å². The van der Waals surface area contributed by atoms with Gasteiger partial charge in [0, 0.05) is 11.1 Å². The van der Waals surface area contributed by atoms with Crippen molar-refractivity contribution in [1.29, 1.82) is 0 Å². The third-order valence-electron chi connectivity index (χ3n) is 3.11. The Morgan fingerprint density at radius 3 is 2.71 bits per heavy atom. The molecule has 2 atom stereocenters. The predicted octanol–water partition coefficient (Wildman–Crippen LogP) is 1.46. The van der Waals surface area contributed by atoms with E-state index < -0.39 is 12.0 Å². The van der Waals surface area contributed by atoms with Crippen molar-refractivity contribution in [3.05, 3.63) is 18.3 Å². The lowest BCUT2D eigenvalue weighted by atomic mass is 9.99. The normalized spacial score (nSPS) is 13.3. The molecule has 0 aliphatic carbocycles. The smallest absolute Gasteiger partial charge is 0.328 e. The number of amides is 1. The second-order valence-corrected chi connectivity index (χ2v) is 5.71. The number of nitrogens with one attached hydrogen (secondary N) is 1. The highest BCUT2D eigenvalue weighted by molar-refractivity contribution is 8.00. The van der Waals surface area contributed by atoms with Crippen LogP contribution in [-0.4, -0.2) is 35.8 Å². The van der Waals surface area contributed by atoms with Gasteiger partial charge in [0.05, 0.1) is 12.9 Å². The molecule has 1 amide bonds. The van der Waals surface area contributed by atoms with Crippen molar-refractivity contribution < 1.29 is 14.3 Å². The highest BCUT2D eigenvalue weighted by Crippen LogP contribution is 2.17. The van der Waals surface area contributed by atoms with Gasteiger partial charge in [0.1, 0.15) is 11.9 Å². The molecule has 0 radical (unpaired) electrons. The van der Waals surface area contributed by atoms with E-state index in [2.05, 4.69) is 10.3 Å². The average Bonchev–Trinajstić information content (AvgIpc) is 2.50. The van der Waals surface area contributed by atoms with E-state index >= 15 is 0 Å². The molecule has 0 spiro atoms. The summed E-state index contributed by atoms with van der Waals surface area (Å²) in [6.45, 7) is 3.86. The molecule has 116 valence electrons. The molecule has 1 rings (SSSR count). The van der Waals surface area contributed by atoms with Crippen LogP contribution in [0.4, 0.5) is 5.82 Å². The van der Waals surface area contributed by atoms with E-state index in [-0.39, 0.29) is 17.6 Å². The third-order valence-corrected chi connectivity index (χ3v) is 4.10. The van der Waals surface area contributed by atoms with E-state index in [4.69, 9.17) is 10.5 Å². The molecule has 21 heavy (non-hydrogen) atoms. The van der Waals surface area contributed by atoms with E-state index in [0.717, 1.165) is 11.3 Å². The summed E-state index contributed by atoms with van der Waals surface area (Å²) >= 11 is 1.34. The number of rotatable bonds is 7. The van der Waals surface area contributed by atoms with Crippen molar-refractivity contribution >= 4 is 29.5 Å². The Balaban J connectivity index is 2.53. The predicted molar refractivity (Wildman–Crippen MR) is 82.8 cm³/mol. The van der Waals surface area contributed by atoms with Crippen molar-refractivity contribution in [2.24, 2.45) is 5.92 Å². The number of carbonyl (C=O) groups excluding carboxylic acids is 2. The van der Waals surface area contributed by atoms with E-state index in [1.807, 2.05) is 13.8 Å². The standard InChI is InChI=1S/C14H21N3O3S/c1-4-9(2)13(14(19)20-3)17-12(18)8-21-10-5-6-11(15)16-7-10/h5-7,9,13H,4,8H2,1-3H3,(H2,15,16)(H,17,18). The number of aromatic nitrogens is 1. The Kier molecular flexibility index (Phi) is 7.01. The maximum absolute atomic E-state index is 11.9. The van der Waals surface area contributed by atoms with Crippen LogP contribution in [0.3, 0.4) is 0 Å². The summed E-state index contributed by atoms with van der Waals surface area (Å²) in [6.07, 6.45) is 2.38. The Bertz CT molecular complexity index is 479. The monoisotopic (exact) mass is 311 g/mol. The number of nitrogens with two attached hydrogens (primary N) is 1. The molecule has 1 aromatic rings. The molecule has 1 aromatic heterocycles. The van der Waals surface area contributed by atoms with Crippen LogP contribution < -0.4 is 11.1 Å². The molecule has 0 saturated heterocycles. The van der Waals surface area contributed by atoms with Gasteiger partial charge in [-0.1, -0.05) is 20.3 Å². The number of hydrogen-bond acceptors (Lipinski definition) is 6. The SMILES string of the molecule is CCC(C)C(NC(=O)CSc1ccc(N)nc1)C(=O)OC. The largest absolute Gasteiger partial charge is 0.467 e. The molecule has 1 heterocycles. The van der Waals surface area contributed by atoms with Crippen LogP contribution in [-0.2, 0) is 14.3 Å². The first kappa shape index (κ1) is 17.3. The lowest BCUT2D eigenvalue weighted by Crippen LogP contribution is -2.46. The van der Waals surface area contributed by atoms with E-state index in [0.29, 0.717) is 5.82 Å². The number of ether oxygens (including phenoxy) is 1. The third kappa shape index (κ3) is 5.63. The molecule has 3 N–H and O–H groups in total. The molecular formula is C14H21N3O3S. The van der Waals surface area contributed by atoms with Gasteiger partial charge in [-0.2, -0.15) is 0 Å². The number of hydrogen-bond donors (Lipinski definition) is 2. The molecule has 2 unspecified atom stereocenters. The summed E-state index contributed by atoms with van der Waals surface area (Å²) < 4.78 is 4.73. The van der Waals surface area contributed by atoms with Gasteiger partial charge < -0.3 is 15.8 Å². The summed E-state index contributed by atoms with van der Waals surface area (Å²) in [6, 6.07) is 2.86.